The van der Waals surface area contributed by atoms with Gasteiger partial charge in [0.1, 0.15) is 0 Å². The van der Waals surface area contributed by atoms with Crippen molar-refractivity contribution >= 4 is 29.3 Å². The van der Waals surface area contributed by atoms with Gasteiger partial charge in [0.15, 0.2) is 0 Å². The van der Waals surface area contributed by atoms with Gasteiger partial charge in [-0.2, -0.15) is 0 Å². The number of hydrogen-bond donors (Lipinski definition) is 0. The first kappa shape index (κ1) is 16.0. The zero-order valence-electron chi connectivity index (χ0n) is 14.2. The summed E-state index contributed by atoms with van der Waals surface area (Å²) in [5.74, 6) is 1.35. The lowest BCUT2D eigenvalue weighted by molar-refractivity contribution is -0.139. The largest absolute Gasteiger partial charge is 0.342 e. The van der Waals surface area contributed by atoms with Gasteiger partial charge in [-0.05, 0) is 44.7 Å². The highest BCUT2D eigenvalue weighted by Gasteiger charge is 2.49. The molecule has 1 spiro atoms. The summed E-state index contributed by atoms with van der Waals surface area (Å²) < 4.78 is 0. The van der Waals surface area contributed by atoms with E-state index >= 15 is 0 Å². The van der Waals surface area contributed by atoms with Crippen LogP contribution in [-0.2, 0) is 9.59 Å². The number of benzene rings is 1. The number of likely N-dealkylation sites (tertiary alicyclic amines) is 1. The average molecular weight is 344 g/mol. The van der Waals surface area contributed by atoms with Crippen LogP contribution in [0.3, 0.4) is 0 Å². The lowest BCUT2D eigenvalue weighted by atomic mass is 9.84. The van der Waals surface area contributed by atoms with Gasteiger partial charge >= 0.3 is 0 Å². The van der Waals surface area contributed by atoms with Crippen molar-refractivity contribution in [1.29, 1.82) is 0 Å². The smallest absolute Gasteiger partial charge is 0.238 e. The van der Waals surface area contributed by atoms with Gasteiger partial charge in [-0.25, -0.2) is 0 Å². The lowest BCUT2D eigenvalue weighted by Crippen LogP contribution is -2.54. The molecule has 2 amide bonds. The van der Waals surface area contributed by atoms with Crippen LogP contribution < -0.4 is 4.90 Å². The maximum Gasteiger partial charge on any atom is 0.238 e. The zero-order chi connectivity index (χ0) is 16.7. The number of anilines is 1. The van der Waals surface area contributed by atoms with Crippen molar-refractivity contribution in [3.63, 3.8) is 0 Å². The Labute approximate surface area is 147 Å². The molecule has 3 aliphatic rings. The van der Waals surface area contributed by atoms with Gasteiger partial charge in [-0.15, -0.1) is 11.8 Å². The molecule has 3 fully saturated rings. The van der Waals surface area contributed by atoms with Crippen LogP contribution in [0.25, 0.3) is 0 Å². The van der Waals surface area contributed by atoms with E-state index < -0.39 is 0 Å². The van der Waals surface area contributed by atoms with E-state index in [1.165, 1.54) is 12.0 Å². The minimum absolute atomic E-state index is 0.164. The standard InChI is InChI=1S/C19H24N2O2S/c1-14-5-7-16(8-6-14)21-17(22)13-24-19(21)9-11-20(12-10-19)18(23)15-3-2-4-15/h5-8,15H,2-4,9-13H2,1H3. The van der Waals surface area contributed by atoms with E-state index in [0.29, 0.717) is 11.7 Å². The van der Waals surface area contributed by atoms with Gasteiger partial charge < -0.3 is 4.90 Å². The van der Waals surface area contributed by atoms with E-state index in [2.05, 4.69) is 19.1 Å². The summed E-state index contributed by atoms with van der Waals surface area (Å²) in [6.45, 7) is 3.61. The summed E-state index contributed by atoms with van der Waals surface area (Å²) in [6.07, 6.45) is 5.05. The Morgan fingerprint density at radius 3 is 2.42 bits per heavy atom. The van der Waals surface area contributed by atoms with Crippen LogP contribution in [0, 0.1) is 12.8 Å². The van der Waals surface area contributed by atoms with Gasteiger partial charge in [0.25, 0.3) is 0 Å². The Hall–Kier alpha value is -1.49. The van der Waals surface area contributed by atoms with E-state index in [9.17, 15) is 9.59 Å². The zero-order valence-corrected chi connectivity index (χ0v) is 15.0. The maximum atomic E-state index is 12.5. The predicted molar refractivity (Wildman–Crippen MR) is 97.0 cm³/mol. The third-order valence-electron chi connectivity index (χ3n) is 5.72. The third-order valence-corrected chi connectivity index (χ3v) is 7.24. The molecule has 128 valence electrons. The fraction of sp³-hybridized carbons (Fsp3) is 0.579. The molecule has 0 N–H and O–H groups in total. The molecular weight excluding hydrogens is 320 g/mol. The second-order valence-electron chi connectivity index (χ2n) is 7.25. The van der Waals surface area contributed by atoms with E-state index in [-0.39, 0.29) is 16.7 Å². The summed E-state index contributed by atoms with van der Waals surface area (Å²) in [5, 5.41) is 0. The van der Waals surface area contributed by atoms with Crippen molar-refractivity contribution in [2.75, 3.05) is 23.7 Å². The van der Waals surface area contributed by atoms with Crippen molar-refractivity contribution in [2.45, 2.75) is 43.9 Å². The second-order valence-corrected chi connectivity index (χ2v) is 8.59. The van der Waals surface area contributed by atoms with Crippen molar-refractivity contribution < 1.29 is 9.59 Å². The average Bonchev–Trinajstić information content (AvgIpc) is 2.84. The Bertz CT molecular complexity index is 646. The highest BCUT2D eigenvalue weighted by atomic mass is 32.2. The fourth-order valence-electron chi connectivity index (χ4n) is 3.98. The molecule has 0 aromatic heterocycles. The Kier molecular flexibility index (Phi) is 4.07. The van der Waals surface area contributed by atoms with Crippen LogP contribution in [0.1, 0.15) is 37.7 Å². The molecule has 1 aromatic carbocycles. The van der Waals surface area contributed by atoms with Gasteiger partial charge in [0.2, 0.25) is 11.8 Å². The molecule has 0 bridgehead atoms. The predicted octanol–water partition coefficient (Wildman–Crippen LogP) is 3.19. The number of piperidine rings is 1. The van der Waals surface area contributed by atoms with Crippen molar-refractivity contribution in [3.05, 3.63) is 29.8 Å². The first-order valence-corrected chi connectivity index (χ1v) is 9.90. The Balaban J connectivity index is 1.51. The normalized spacial score (nSPS) is 23.6. The first-order chi connectivity index (χ1) is 11.6. The maximum absolute atomic E-state index is 12.5. The molecule has 5 heteroatoms. The molecule has 0 radical (unpaired) electrons. The Morgan fingerprint density at radius 1 is 1.17 bits per heavy atom. The Morgan fingerprint density at radius 2 is 1.83 bits per heavy atom. The highest BCUT2D eigenvalue weighted by Crippen LogP contribution is 2.47. The van der Waals surface area contributed by atoms with Crippen LogP contribution >= 0.6 is 11.8 Å². The molecule has 2 heterocycles. The molecule has 1 aliphatic carbocycles. The molecule has 0 atom stereocenters. The molecule has 2 aliphatic heterocycles. The minimum Gasteiger partial charge on any atom is -0.342 e. The van der Waals surface area contributed by atoms with Crippen LogP contribution in [0.2, 0.25) is 0 Å². The number of amides is 2. The van der Waals surface area contributed by atoms with Crippen LogP contribution in [0.4, 0.5) is 5.69 Å². The molecule has 2 saturated heterocycles. The van der Waals surface area contributed by atoms with Crippen molar-refractivity contribution in [1.82, 2.24) is 4.90 Å². The molecule has 0 unspecified atom stereocenters. The molecule has 24 heavy (non-hydrogen) atoms. The van der Waals surface area contributed by atoms with E-state index in [1.54, 1.807) is 11.8 Å². The minimum atomic E-state index is -0.164. The van der Waals surface area contributed by atoms with Crippen molar-refractivity contribution in [2.24, 2.45) is 5.92 Å². The molecule has 1 saturated carbocycles. The van der Waals surface area contributed by atoms with Crippen LogP contribution in [0.5, 0.6) is 0 Å². The number of carbonyl (C=O) groups excluding carboxylic acids is 2. The molecule has 1 aromatic rings. The van der Waals surface area contributed by atoms with Gasteiger partial charge in [0, 0.05) is 24.7 Å². The third kappa shape index (κ3) is 2.63. The van der Waals surface area contributed by atoms with E-state index in [1.807, 2.05) is 21.9 Å². The van der Waals surface area contributed by atoms with Crippen LogP contribution in [-0.4, -0.2) is 40.4 Å². The number of thioether (sulfide) groups is 1. The fourth-order valence-corrected chi connectivity index (χ4v) is 5.31. The second kappa shape index (κ2) is 6.10. The lowest BCUT2D eigenvalue weighted by Gasteiger charge is -2.45. The SMILES string of the molecule is Cc1ccc(N2C(=O)CSC23CCN(C(=O)C2CCC2)CC3)cc1. The van der Waals surface area contributed by atoms with E-state index in [4.69, 9.17) is 0 Å². The van der Waals surface area contributed by atoms with E-state index in [0.717, 1.165) is 44.5 Å². The first-order valence-electron chi connectivity index (χ1n) is 8.92. The number of hydrogen-bond acceptors (Lipinski definition) is 3. The molecule has 4 nitrogen and oxygen atoms in total. The number of carbonyl (C=O) groups is 2. The molecule has 4 rings (SSSR count). The monoisotopic (exact) mass is 344 g/mol. The van der Waals surface area contributed by atoms with Gasteiger partial charge in [-0.3, -0.25) is 14.5 Å². The summed E-state index contributed by atoms with van der Waals surface area (Å²) >= 11 is 1.76. The summed E-state index contributed by atoms with van der Waals surface area (Å²) in [4.78, 5) is 28.9. The number of aryl methyl sites for hydroxylation is 1. The summed E-state index contributed by atoms with van der Waals surface area (Å²) in [5.41, 5.74) is 2.20. The summed E-state index contributed by atoms with van der Waals surface area (Å²) in [7, 11) is 0. The molecular formula is C19H24N2O2S. The van der Waals surface area contributed by atoms with Crippen LogP contribution in [0.15, 0.2) is 24.3 Å². The number of rotatable bonds is 2. The number of nitrogens with zero attached hydrogens (tertiary/aromatic N) is 2. The topological polar surface area (TPSA) is 40.6 Å². The highest BCUT2D eigenvalue weighted by molar-refractivity contribution is 8.02. The van der Waals surface area contributed by atoms with Gasteiger partial charge in [0.05, 0.1) is 10.6 Å². The van der Waals surface area contributed by atoms with Gasteiger partial charge in [-0.1, -0.05) is 24.1 Å². The van der Waals surface area contributed by atoms with Crippen molar-refractivity contribution in [3.8, 4) is 0 Å². The quantitative estimate of drug-likeness (QED) is 0.827. The summed E-state index contributed by atoms with van der Waals surface area (Å²) in [6, 6.07) is 8.22.